The number of thiol groups is 1. The van der Waals surface area contributed by atoms with E-state index in [4.69, 9.17) is 0 Å². The Kier molecular flexibility index (Phi) is 4.26. The zero-order valence-corrected chi connectivity index (χ0v) is 9.63. The molecule has 0 aromatic carbocycles. The number of rotatable bonds is 4. The summed E-state index contributed by atoms with van der Waals surface area (Å²) < 4.78 is 1.76. The summed E-state index contributed by atoms with van der Waals surface area (Å²) in [5.41, 5.74) is 1.11. The molecule has 0 saturated heterocycles. The fraction of sp³-hybridized carbons (Fsp3) is 0.545. The predicted molar refractivity (Wildman–Crippen MR) is 63.1 cm³/mol. The van der Waals surface area contributed by atoms with Crippen molar-refractivity contribution >= 4 is 12.6 Å². The molecule has 1 aromatic heterocycles. The van der Waals surface area contributed by atoms with E-state index in [1.54, 1.807) is 10.6 Å². The van der Waals surface area contributed by atoms with Crippen molar-refractivity contribution in [1.29, 1.82) is 0 Å². The molecule has 1 aromatic rings. The van der Waals surface area contributed by atoms with Gasteiger partial charge in [0.2, 0.25) is 0 Å². The van der Waals surface area contributed by atoms with E-state index in [1.165, 1.54) is 0 Å². The fourth-order valence-corrected chi connectivity index (χ4v) is 1.73. The average molecular weight is 211 g/mol. The SMILES string of the molecule is CCC(CS)Cn1ccc(C)cc1=O. The van der Waals surface area contributed by atoms with E-state index in [1.807, 2.05) is 19.2 Å². The second kappa shape index (κ2) is 5.25. The molecule has 1 rings (SSSR count). The number of nitrogens with zero attached hydrogens (tertiary/aromatic N) is 1. The molecule has 1 heterocycles. The maximum absolute atomic E-state index is 11.5. The molecule has 0 amide bonds. The first-order valence-electron chi connectivity index (χ1n) is 4.95. The highest BCUT2D eigenvalue weighted by molar-refractivity contribution is 7.80. The molecule has 0 N–H and O–H groups in total. The van der Waals surface area contributed by atoms with Crippen LogP contribution in [0.15, 0.2) is 23.1 Å². The van der Waals surface area contributed by atoms with Crippen molar-refractivity contribution in [1.82, 2.24) is 4.57 Å². The van der Waals surface area contributed by atoms with Crippen molar-refractivity contribution in [3.8, 4) is 0 Å². The molecule has 1 unspecified atom stereocenters. The maximum atomic E-state index is 11.5. The molecule has 14 heavy (non-hydrogen) atoms. The maximum Gasteiger partial charge on any atom is 0.250 e. The Balaban J connectivity index is 2.81. The molecule has 0 bridgehead atoms. The summed E-state index contributed by atoms with van der Waals surface area (Å²) in [6.45, 7) is 4.83. The Morgan fingerprint density at radius 1 is 1.57 bits per heavy atom. The Morgan fingerprint density at radius 3 is 2.79 bits per heavy atom. The lowest BCUT2D eigenvalue weighted by Gasteiger charge is -2.13. The third-order valence-corrected chi connectivity index (χ3v) is 2.96. The van der Waals surface area contributed by atoms with Crippen LogP contribution >= 0.6 is 12.6 Å². The summed E-state index contributed by atoms with van der Waals surface area (Å²) >= 11 is 4.27. The summed E-state index contributed by atoms with van der Waals surface area (Å²) in [6, 6.07) is 3.64. The van der Waals surface area contributed by atoms with Gasteiger partial charge in [0, 0.05) is 18.8 Å². The molecule has 0 fully saturated rings. The van der Waals surface area contributed by atoms with Crippen LogP contribution in [0, 0.1) is 12.8 Å². The van der Waals surface area contributed by atoms with Crippen LogP contribution in [0.2, 0.25) is 0 Å². The smallest absolute Gasteiger partial charge is 0.250 e. The monoisotopic (exact) mass is 211 g/mol. The average Bonchev–Trinajstić information content (AvgIpc) is 2.17. The molecule has 0 aliphatic carbocycles. The second-order valence-corrected chi connectivity index (χ2v) is 4.02. The number of aryl methyl sites for hydroxylation is 1. The van der Waals surface area contributed by atoms with Crippen molar-refractivity contribution in [3.05, 3.63) is 34.2 Å². The van der Waals surface area contributed by atoms with Crippen LogP contribution in [0.25, 0.3) is 0 Å². The van der Waals surface area contributed by atoms with Crippen LogP contribution in [0.4, 0.5) is 0 Å². The van der Waals surface area contributed by atoms with Gasteiger partial charge in [0.05, 0.1) is 0 Å². The van der Waals surface area contributed by atoms with Gasteiger partial charge in [-0.15, -0.1) is 0 Å². The molecule has 1 atom stereocenters. The van der Waals surface area contributed by atoms with Gasteiger partial charge >= 0.3 is 0 Å². The van der Waals surface area contributed by atoms with Crippen molar-refractivity contribution in [2.75, 3.05) is 5.75 Å². The summed E-state index contributed by atoms with van der Waals surface area (Å²) in [4.78, 5) is 11.5. The van der Waals surface area contributed by atoms with Crippen molar-refractivity contribution in [2.24, 2.45) is 5.92 Å². The van der Waals surface area contributed by atoms with Crippen LogP contribution in [0.1, 0.15) is 18.9 Å². The topological polar surface area (TPSA) is 22.0 Å². The van der Waals surface area contributed by atoms with Crippen molar-refractivity contribution in [3.63, 3.8) is 0 Å². The van der Waals surface area contributed by atoms with E-state index in [2.05, 4.69) is 19.6 Å². The van der Waals surface area contributed by atoms with Gasteiger partial charge in [-0.1, -0.05) is 13.3 Å². The van der Waals surface area contributed by atoms with Crippen molar-refractivity contribution < 1.29 is 0 Å². The third kappa shape index (κ3) is 2.91. The molecule has 0 aliphatic heterocycles. The van der Waals surface area contributed by atoms with Crippen LogP contribution in [-0.4, -0.2) is 10.3 Å². The van der Waals surface area contributed by atoms with Gasteiger partial charge in [0.15, 0.2) is 0 Å². The minimum atomic E-state index is 0.0882. The number of pyridine rings is 1. The highest BCUT2D eigenvalue weighted by Crippen LogP contribution is 2.07. The van der Waals surface area contributed by atoms with Gasteiger partial charge in [-0.25, -0.2) is 0 Å². The normalized spacial score (nSPS) is 12.8. The van der Waals surface area contributed by atoms with Gasteiger partial charge in [-0.2, -0.15) is 12.6 Å². The Labute approximate surface area is 90.4 Å². The van der Waals surface area contributed by atoms with Crippen molar-refractivity contribution in [2.45, 2.75) is 26.8 Å². The molecule has 0 spiro atoms. The molecular formula is C11H17NOS. The Morgan fingerprint density at radius 2 is 2.29 bits per heavy atom. The minimum absolute atomic E-state index is 0.0882. The van der Waals surface area contributed by atoms with E-state index in [9.17, 15) is 4.79 Å². The summed E-state index contributed by atoms with van der Waals surface area (Å²) in [7, 11) is 0. The van der Waals surface area contributed by atoms with Gasteiger partial charge in [-0.05, 0) is 30.2 Å². The van der Waals surface area contributed by atoms with E-state index < -0.39 is 0 Å². The lowest BCUT2D eigenvalue weighted by atomic mass is 10.1. The molecule has 0 saturated carbocycles. The number of hydrogen-bond donors (Lipinski definition) is 1. The molecular weight excluding hydrogens is 194 g/mol. The number of hydrogen-bond acceptors (Lipinski definition) is 2. The second-order valence-electron chi connectivity index (χ2n) is 3.65. The van der Waals surface area contributed by atoms with Gasteiger partial charge < -0.3 is 4.57 Å². The first-order chi connectivity index (χ1) is 6.67. The van der Waals surface area contributed by atoms with Gasteiger partial charge in [0.25, 0.3) is 5.56 Å². The molecule has 0 radical (unpaired) electrons. The highest BCUT2D eigenvalue weighted by Gasteiger charge is 2.05. The third-order valence-electron chi connectivity index (χ3n) is 2.44. The highest BCUT2D eigenvalue weighted by atomic mass is 32.1. The zero-order chi connectivity index (χ0) is 10.6. The summed E-state index contributed by atoms with van der Waals surface area (Å²) in [5, 5.41) is 0. The van der Waals surface area contributed by atoms with Crippen LogP contribution < -0.4 is 5.56 Å². The lowest BCUT2D eigenvalue weighted by Crippen LogP contribution is -2.23. The molecule has 0 aliphatic rings. The Hall–Kier alpha value is -0.700. The quantitative estimate of drug-likeness (QED) is 0.757. The van der Waals surface area contributed by atoms with E-state index in [-0.39, 0.29) is 5.56 Å². The first kappa shape index (κ1) is 11.4. The number of aromatic nitrogens is 1. The van der Waals surface area contributed by atoms with Crippen LogP contribution in [0.5, 0.6) is 0 Å². The largest absolute Gasteiger partial charge is 0.315 e. The fourth-order valence-electron chi connectivity index (χ4n) is 1.35. The summed E-state index contributed by atoms with van der Waals surface area (Å²) in [6.07, 6.45) is 2.92. The van der Waals surface area contributed by atoms with Crippen LogP contribution in [0.3, 0.4) is 0 Å². The molecule has 3 heteroatoms. The predicted octanol–water partition coefficient (Wildman–Crippen LogP) is 2.11. The van der Waals surface area contributed by atoms with Gasteiger partial charge in [-0.3, -0.25) is 4.79 Å². The molecule has 78 valence electrons. The minimum Gasteiger partial charge on any atom is -0.315 e. The standard InChI is InChI=1S/C11H17NOS/c1-3-10(8-14)7-12-5-4-9(2)6-11(12)13/h4-6,10,14H,3,7-8H2,1-2H3. The zero-order valence-electron chi connectivity index (χ0n) is 8.73. The van der Waals surface area contributed by atoms with E-state index in [0.717, 1.165) is 24.3 Å². The molecule has 2 nitrogen and oxygen atoms in total. The van der Waals surface area contributed by atoms with Crippen LogP contribution in [-0.2, 0) is 6.54 Å². The summed E-state index contributed by atoms with van der Waals surface area (Å²) in [5.74, 6) is 1.32. The van der Waals surface area contributed by atoms with E-state index >= 15 is 0 Å². The first-order valence-corrected chi connectivity index (χ1v) is 5.58. The van der Waals surface area contributed by atoms with Gasteiger partial charge in [0.1, 0.15) is 0 Å². The Bertz CT molecular complexity index is 341. The van der Waals surface area contributed by atoms with E-state index in [0.29, 0.717) is 5.92 Å². The lowest BCUT2D eigenvalue weighted by molar-refractivity contribution is 0.467.